The summed E-state index contributed by atoms with van der Waals surface area (Å²) < 4.78 is 7.62. The predicted molar refractivity (Wildman–Crippen MR) is 103 cm³/mol. The number of allylic oxidation sites excluding steroid dienone is 3. The van der Waals surface area contributed by atoms with Crippen molar-refractivity contribution in [2.75, 3.05) is 26.2 Å². The van der Waals surface area contributed by atoms with Gasteiger partial charge in [0.1, 0.15) is 18.1 Å². The van der Waals surface area contributed by atoms with Crippen LogP contribution in [-0.2, 0) is 0 Å². The number of aliphatic hydroxyl groups excluding tert-OH is 1. The van der Waals surface area contributed by atoms with Gasteiger partial charge in [-0.1, -0.05) is 19.9 Å². The molecule has 7 heteroatoms. The van der Waals surface area contributed by atoms with Crippen molar-refractivity contribution in [3.05, 3.63) is 48.4 Å². The van der Waals surface area contributed by atoms with E-state index in [0.29, 0.717) is 23.9 Å². The van der Waals surface area contributed by atoms with Gasteiger partial charge in [0, 0.05) is 18.8 Å². The molecule has 26 heavy (non-hydrogen) atoms. The van der Waals surface area contributed by atoms with E-state index in [1.165, 1.54) is 6.08 Å². The number of nitrogens with zero attached hydrogens (tertiary/aromatic N) is 4. The molecule has 0 amide bonds. The van der Waals surface area contributed by atoms with E-state index in [9.17, 15) is 5.11 Å². The molecule has 0 spiro atoms. The molecule has 3 rings (SSSR count). The summed E-state index contributed by atoms with van der Waals surface area (Å²) >= 11 is 0. The van der Waals surface area contributed by atoms with E-state index in [1.807, 2.05) is 24.4 Å². The van der Waals surface area contributed by atoms with E-state index in [1.54, 1.807) is 16.7 Å². The molecule has 2 aromatic heterocycles. The first-order valence-corrected chi connectivity index (χ1v) is 8.71. The Morgan fingerprint density at radius 1 is 1.27 bits per heavy atom. The maximum absolute atomic E-state index is 10.1. The van der Waals surface area contributed by atoms with Gasteiger partial charge in [0.2, 0.25) is 0 Å². The number of likely N-dealkylation sites (N-methyl/N-ethyl adjacent to an activating group) is 1. The number of pyridine rings is 1. The molecule has 136 valence electrons. The fourth-order valence-electron chi connectivity index (χ4n) is 2.72. The van der Waals surface area contributed by atoms with Gasteiger partial charge in [-0.3, -0.25) is 0 Å². The minimum atomic E-state index is -0.0399. The van der Waals surface area contributed by atoms with Gasteiger partial charge in [-0.25, -0.2) is 9.51 Å². The third kappa shape index (κ3) is 3.83. The molecule has 0 radical (unpaired) electrons. The predicted octanol–water partition coefficient (Wildman–Crippen LogP) is 3.16. The van der Waals surface area contributed by atoms with Crippen LogP contribution in [0.2, 0.25) is 0 Å². The van der Waals surface area contributed by atoms with Crippen molar-refractivity contribution in [3.8, 4) is 5.88 Å². The van der Waals surface area contributed by atoms with E-state index >= 15 is 0 Å². The summed E-state index contributed by atoms with van der Waals surface area (Å²) in [5, 5.41) is 22.1. The molecule has 0 saturated heterocycles. The first-order valence-electron chi connectivity index (χ1n) is 8.71. The third-order valence-electron chi connectivity index (χ3n) is 4.23. The van der Waals surface area contributed by atoms with Crippen LogP contribution in [-0.4, -0.2) is 57.3 Å². The third-order valence-corrected chi connectivity index (χ3v) is 4.23. The highest BCUT2D eigenvalue weighted by Crippen LogP contribution is 2.32. The SMILES string of the molecule is CCN(CC)CCOc1nn2ccccc2c1/N=C1\C=CC(=N)C=C1O. The molecule has 2 heterocycles. The molecular weight excluding hydrogens is 330 g/mol. The second kappa shape index (κ2) is 7.97. The van der Waals surface area contributed by atoms with Gasteiger partial charge in [0.05, 0.1) is 11.2 Å². The molecule has 0 bridgehead atoms. The van der Waals surface area contributed by atoms with Crippen LogP contribution in [0.4, 0.5) is 5.69 Å². The van der Waals surface area contributed by atoms with Crippen molar-refractivity contribution >= 4 is 22.6 Å². The second-order valence-electron chi connectivity index (χ2n) is 5.87. The van der Waals surface area contributed by atoms with Crippen LogP contribution < -0.4 is 4.74 Å². The molecule has 0 aliphatic heterocycles. The molecule has 0 saturated carbocycles. The van der Waals surface area contributed by atoms with Crippen LogP contribution in [0.3, 0.4) is 0 Å². The number of ether oxygens (including phenoxy) is 1. The first-order chi connectivity index (χ1) is 12.6. The molecule has 0 aromatic carbocycles. The Labute approximate surface area is 152 Å². The molecule has 2 aromatic rings. The van der Waals surface area contributed by atoms with Crippen molar-refractivity contribution in [1.82, 2.24) is 14.5 Å². The van der Waals surface area contributed by atoms with Crippen LogP contribution in [0.25, 0.3) is 5.52 Å². The highest BCUT2D eigenvalue weighted by molar-refractivity contribution is 6.20. The summed E-state index contributed by atoms with van der Waals surface area (Å²) in [7, 11) is 0. The Hall–Kier alpha value is -2.93. The maximum atomic E-state index is 10.1. The zero-order valence-corrected chi connectivity index (χ0v) is 15.0. The van der Waals surface area contributed by atoms with Crippen molar-refractivity contribution in [3.63, 3.8) is 0 Å². The number of hydrogen-bond donors (Lipinski definition) is 2. The monoisotopic (exact) mass is 353 g/mol. The van der Waals surface area contributed by atoms with Gasteiger partial charge in [0.15, 0.2) is 5.69 Å². The summed E-state index contributed by atoms with van der Waals surface area (Å²) in [6.45, 7) is 7.48. The molecule has 2 N–H and O–H groups in total. The van der Waals surface area contributed by atoms with Crippen molar-refractivity contribution in [1.29, 1.82) is 5.41 Å². The van der Waals surface area contributed by atoms with Crippen LogP contribution in [0.15, 0.2) is 53.4 Å². The maximum Gasteiger partial charge on any atom is 0.260 e. The highest BCUT2D eigenvalue weighted by Gasteiger charge is 2.16. The van der Waals surface area contributed by atoms with Crippen molar-refractivity contribution in [2.24, 2.45) is 4.99 Å². The number of aliphatic imine (C=N–C) groups is 1. The number of fused-ring (bicyclic) bond motifs is 1. The fraction of sp³-hybridized carbons (Fsp3) is 0.316. The Balaban J connectivity index is 1.92. The van der Waals surface area contributed by atoms with E-state index < -0.39 is 0 Å². The smallest absolute Gasteiger partial charge is 0.260 e. The van der Waals surface area contributed by atoms with Gasteiger partial charge in [-0.2, -0.15) is 0 Å². The minimum absolute atomic E-state index is 0.0399. The number of aliphatic hydroxyl groups is 1. The fourth-order valence-corrected chi connectivity index (χ4v) is 2.72. The molecule has 0 atom stereocenters. The lowest BCUT2D eigenvalue weighted by molar-refractivity contribution is 0.218. The van der Waals surface area contributed by atoms with Gasteiger partial charge in [-0.15, -0.1) is 5.10 Å². The summed E-state index contributed by atoms with van der Waals surface area (Å²) in [5.41, 5.74) is 1.98. The van der Waals surface area contributed by atoms with E-state index in [-0.39, 0.29) is 11.5 Å². The van der Waals surface area contributed by atoms with Gasteiger partial charge in [-0.05, 0) is 37.4 Å². The van der Waals surface area contributed by atoms with Gasteiger partial charge < -0.3 is 20.2 Å². The molecular formula is C19H23N5O2. The lowest BCUT2D eigenvalue weighted by Crippen LogP contribution is -2.28. The number of aromatic nitrogens is 2. The number of rotatable bonds is 7. The molecule has 1 aliphatic carbocycles. The average molecular weight is 353 g/mol. The number of nitrogens with one attached hydrogen (secondary N) is 1. The van der Waals surface area contributed by atoms with Gasteiger partial charge in [0.25, 0.3) is 5.88 Å². The molecule has 0 fully saturated rings. The zero-order chi connectivity index (χ0) is 18.5. The summed E-state index contributed by atoms with van der Waals surface area (Å²) in [6, 6.07) is 5.69. The van der Waals surface area contributed by atoms with E-state index in [2.05, 4.69) is 28.8 Å². The lowest BCUT2D eigenvalue weighted by Gasteiger charge is -2.17. The minimum Gasteiger partial charge on any atom is -0.506 e. The van der Waals surface area contributed by atoms with E-state index in [4.69, 9.17) is 10.1 Å². The van der Waals surface area contributed by atoms with Crippen molar-refractivity contribution < 1.29 is 9.84 Å². The normalized spacial score (nSPS) is 15.9. The number of hydrogen-bond acceptors (Lipinski definition) is 6. The molecule has 7 nitrogen and oxygen atoms in total. The first kappa shape index (κ1) is 17.9. The van der Waals surface area contributed by atoms with E-state index in [0.717, 1.165) is 25.2 Å². The van der Waals surface area contributed by atoms with Crippen molar-refractivity contribution in [2.45, 2.75) is 13.8 Å². The quantitative estimate of drug-likeness (QED) is 0.749. The zero-order valence-electron chi connectivity index (χ0n) is 15.0. The van der Waals surface area contributed by atoms with Crippen LogP contribution >= 0.6 is 0 Å². The standard InChI is InChI=1S/C19H23N5O2/c1-3-23(4-2)11-12-26-19-18(16-7-5-6-10-24(16)22-19)21-15-9-8-14(20)13-17(15)25/h5-10,13,20,25H,3-4,11-12H2,1-2H3/b20-14?,21-15+. The van der Waals surface area contributed by atoms with Crippen LogP contribution in [0.1, 0.15) is 13.8 Å². The summed E-state index contributed by atoms with van der Waals surface area (Å²) in [4.78, 5) is 6.82. The average Bonchev–Trinajstić information content (AvgIpc) is 2.98. The Morgan fingerprint density at radius 2 is 2.08 bits per heavy atom. The Kier molecular flexibility index (Phi) is 5.48. The molecule has 0 unspecified atom stereocenters. The van der Waals surface area contributed by atoms with Gasteiger partial charge >= 0.3 is 0 Å². The summed E-state index contributed by atoms with van der Waals surface area (Å²) in [5.74, 6) is 0.388. The summed E-state index contributed by atoms with van der Waals surface area (Å²) in [6.07, 6.45) is 6.40. The molecule has 1 aliphatic rings. The second-order valence-corrected chi connectivity index (χ2v) is 5.87. The Bertz CT molecular complexity index is 890. The highest BCUT2D eigenvalue weighted by atomic mass is 16.5. The Morgan fingerprint density at radius 3 is 2.81 bits per heavy atom. The largest absolute Gasteiger partial charge is 0.506 e. The van der Waals surface area contributed by atoms with Crippen LogP contribution in [0, 0.1) is 5.41 Å². The topological polar surface area (TPSA) is 86.2 Å². The lowest BCUT2D eigenvalue weighted by atomic mass is 10.1. The van der Waals surface area contributed by atoms with Crippen LogP contribution in [0.5, 0.6) is 5.88 Å².